The molecule has 6 heteroatoms. The number of benzene rings is 1. The van der Waals surface area contributed by atoms with Crippen LogP contribution in [0.25, 0.3) is 0 Å². The number of piperidine rings is 1. The number of nitro groups is 1. The van der Waals surface area contributed by atoms with Gasteiger partial charge in [0.1, 0.15) is 0 Å². The lowest BCUT2D eigenvalue weighted by Crippen LogP contribution is -2.26. The first-order chi connectivity index (χ1) is 8.08. The molecule has 0 amide bonds. The van der Waals surface area contributed by atoms with Gasteiger partial charge in [0.05, 0.1) is 22.8 Å². The molecule has 1 saturated heterocycles. The zero-order valence-electron chi connectivity index (χ0n) is 8.91. The zero-order chi connectivity index (χ0) is 12.2. The summed E-state index contributed by atoms with van der Waals surface area (Å²) in [6.45, 7) is 1.25. The second-order valence-corrected chi connectivity index (χ2v) is 4.62. The normalized spacial score (nSPS) is 30.2. The topological polar surface area (TPSA) is 66.6 Å². The van der Waals surface area contributed by atoms with Gasteiger partial charge in [-0.2, -0.15) is 0 Å². The maximum atomic E-state index is 13.7. The van der Waals surface area contributed by atoms with Crippen LogP contribution in [0.4, 0.5) is 15.8 Å². The van der Waals surface area contributed by atoms with E-state index in [1.54, 1.807) is 0 Å². The summed E-state index contributed by atoms with van der Waals surface area (Å²) in [6, 6.07) is 3.68. The molecule has 1 saturated carbocycles. The van der Waals surface area contributed by atoms with Crippen molar-refractivity contribution in [3.8, 4) is 0 Å². The maximum Gasteiger partial charge on any atom is 0.272 e. The molecule has 1 heterocycles. The SMILES string of the molecule is O=[N+]([O-])c1ccc(N2C[C@@H]3[C@@H](O)[C@@H]3C2)c(F)c1. The highest BCUT2D eigenvalue weighted by molar-refractivity contribution is 5.54. The lowest BCUT2D eigenvalue weighted by atomic mass is 10.2. The molecule has 2 fully saturated rings. The van der Waals surface area contributed by atoms with Crippen molar-refractivity contribution < 1.29 is 14.4 Å². The molecule has 0 spiro atoms. The Kier molecular flexibility index (Phi) is 2.09. The predicted molar refractivity (Wildman–Crippen MR) is 58.3 cm³/mol. The highest BCUT2D eigenvalue weighted by Crippen LogP contribution is 2.47. The Morgan fingerprint density at radius 3 is 2.59 bits per heavy atom. The maximum absolute atomic E-state index is 13.7. The third-order valence-electron chi connectivity index (χ3n) is 3.63. The molecule has 1 aromatic carbocycles. The van der Waals surface area contributed by atoms with Crippen molar-refractivity contribution in [2.24, 2.45) is 11.8 Å². The van der Waals surface area contributed by atoms with Crippen molar-refractivity contribution in [2.45, 2.75) is 6.10 Å². The predicted octanol–water partition coefficient (Wildman–Crippen LogP) is 1.16. The average molecular weight is 238 g/mol. The molecule has 17 heavy (non-hydrogen) atoms. The van der Waals surface area contributed by atoms with Crippen molar-refractivity contribution in [1.29, 1.82) is 0 Å². The number of nitro benzene ring substituents is 1. The van der Waals surface area contributed by atoms with Gasteiger partial charge < -0.3 is 10.0 Å². The van der Waals surface area contributed by atoms with E-state index in [2.05, 4.69) is 0 Å². The molecule has 1 N–H and O–H groups in total. The van der Waals surface area contributed by atoms with Crippen molar-refractivity contribution in [3.63, 3.8) is 0 Å². The van der Waals surface area contributed by atoms with Crippen LogP contribution in [0.1, 0.15) is 0 Å². The third kappa shape index (κ3) is 1.56. The fraction of sp³-hybridized carbons (Fsp3) is 0.455. The van der Waals surface area contributed by atoms with Gasteiger partial charge in [-0.05, 0) is 6.07 Å². The number of aliphatic hydroxyl groups is 1. The van der Waals surface area contributed by atoms with Crippen LogP contribution in [0.2, 0.25) is 0 Å². The van der Waals surface area contributed by atoms with Gasteiger partial charge in [-0.25, -0.2) is 4.39 Å². The Morgan fingerprint density at radius 2 is 2.06 bits per heavy atom. The number of non-ortho nitro benzene ring substituents is 1. The molecule has 0 aromatic heterocycles. The first kappa shape index (κ1) is 10.5. The second kappa shape index (κ2) is 3.40. The fourth-order valence-electron chi connectivity index (χ4n) is 2.56. The van der Waals surface area contributed by atoms with Crippen LogP contribution in [0.3, 0.4) is 0 Å². The van der Waals surface area contributed by atoms with Gasteiger partial charge >= 0.3 is 0 Å². The molecule has 5 nitrogen and oxygen atoms in total. The van der Waals surface area contributed by atoms with E-state index in [1.807, 2.05) is 4.90 Å². The van der Waals surface area contributed by atoms with Crippen LogP contribution >= 0.6 is 0 Å². The number of halogens is 1. The summed E-state index contributed by atoms with van der Waals surface area (Å²) in [5.74, 6) is -0.0934. The Hall–Kier alpha value is -1.69. The minimum Gasteiger partial charge on any atom is -0.392 e. The standard InChI is InChI=1S/C11H11FN2O3/c12-9-3-6(14(16)17)1-2-10(9)13-4-7-8(5-13)11(7)15/h1-3,7-8,11,15H,4-5H2/t7-,8+,11+. The number of hydrogen-bond donors (Lipinski definition) is 1. The van der Waals surface area contributed by atoms with Gasteiger partial charge in [-0.1, -0.05) is 0 Å². The minimum atomic E-state index is -0.613. The average Bonchev–Trinajstić information content (AvgIpc) is 2.76. The van der Waals surface area contributed by atoms with Gasteiger partial charge in [0, 0.05) is 31.0 Å². The Morgan fingerprint density at radius 1 is 1.41 bits per heavy atom. The van der Waals surface area contributed by atoms with Crippen LogP contribution in [0.5, 0.6) is 0 Å². The number of nitrogens with zero attached hydrogens (tertiary/aromatic N) is 2. The first-order valence-electron chi connectivity index (χ1n) is 5.45. The van der Waals surface area contributed by atoms with Crippen LogP contribution in [-0.2, 0) is 0 Å². The van der Waals surface area contributed by atoms with Crippen molar-refractivity contribution in [2.75, 3.05) is 18.0 Å². The highest BCUT2D eigenvalue weighted by Gasteiger charge is 2.55. The summed E-state index contributed by atoms with van der Waals surface area (Å²) in [6.07, 6.45) is -0.243. The molecule has 2 aliphatic rings. The summed E-state index contributed by atoms with van der Waals surface area (Å²) < 4.78 is 13.7. The number of fused-ring (bicyclic) bond motifs is 1. The van der Waals surface area contributed by atoms with Crippen molar-refractivity contribution >= 4 is 11.4 Å². The second-order valence-electron chi connectivity index (χ2n) is 4.62. The summed E-state index contributed by atoms with van der Waals surface area (Å²) in [7, 11) is 0. The largest absolute Gasteiger partial charge is 0.392 e. The first-order valence-corrected chi connectivity index (χ1v) is 5.45. The molecule has 90 valence electrons. The highest BCUT2D eigenvalue weighted by atomic mass is 19.1. The van der Waals surface area contributed by atoms with Crippen LogP contribution < -0.4 is 4.90 Å². The molecule has 0 bridgehead atoms. The van der Waals surface area contributed by atoms with E-state index < -0.39 is 10.7 Å². The van der Waals surface area contributed by atoms with E-state index in [0.717, 1.165) is 6.07 Å². The van der Waals surface area contributed by atoms with Crippen LogP contribution in [0, 0.1) is 27.8 Å². The molecule has 1 aromatic rings. The van der Waals surface area contributed by atoms with E-state index >= 15 is 0 Å². The van der Waals surface area contributed by atoms with Gasteiger partial charge in [-0.15, -0.1) is 0 Å². The van der Waals surface area contributed by atoms with Crippen molar-refractivity contribution in [3.05, 3.63) is 34.1 Å². The quantitative estimate of drug-likeness (QED) is 0.620. The lowest BCUT2D eigenvalue weighted by Gasteiger charge is -2.21. The van der Waals surface area contributed by atoms with E-state index in [1.165, 1.54) is 12.1 Å². The van der Waals surface area contributed by atoms with Crippen molar-refractivity contribution in [1.82, 2.24) is 0 Å². The van der Waals surface area contributed by atoms with Crippen LogP contribution in [0.15, 0.2) is 18.2 Å². The van der Waals surface area contributed by atoms with E-state index in [-0.39, 0.29) is 23.6 Å². The Balaban J connectivity index is 1.82. The lowest BCUT2D eigenvalue weighted by molar-refractivity contribution is -0.385. The molecule has 0 radical (unpaired) electrons. The molecular formula is C11H11FN2O3. The molecule has 1 aliphatic carbocycles. The molecule has 3 rings (SSSR count). The van der Waals surface area contributed by atoms with E-state index in [9.17, 15) is 19.6 Å². The molecular weight excluding hydrogens is 227 g/mol. The van der Waals surface area contributed by atoms with Gasteiger partial charge in [0.15, 0.2) is 5.82 Å². The smallest absolute Gasteiger partial charge is 0.272 e. The summed E-state index contributed by atoms with van der Waals surface area (Å²) in [4.78, 5) is 11.7. The van der Waals surface area contributed by atoms with E-state index in [0.29, 0.717) is 18.8 Å². The zero-order valence-corrected chi connectivity index (χ0v) is 8.91. The number of anilines is 1. The van der Waals surface area contributed by atoms with Gasteiger partial charge in [0.2, 0.25) is 0 Å². The molecule has 1 aliphatic heterocycles. The number of hydrogen-bond acceptors (Lipinski definition) is 4. The molecule has 3 atom stereocenters. The van der Waals surface area contributed by atoms with E-state index in [4.69, 9.17) is 0 Å². The fourth-order valence-corrected chi connectivity index (χ4v) is 2.56. The summed E-state index contributed by atoms with van der Waals surface area (Å²) in [5.41, 5.74) is 0.144. The van der Waals surface area contributed by atoms with Gasteiger partial charge in [0.25, 0.3) is 5.69 Å². The number of aliphatic hydroxyl groups excluding tert-OH is 1. The van der Waals surface area contributed by atoms with Crippen LogP contribution in [-0.4, -0.2) is 29.2 Å². The minimum absolute atomic E-state index is 0.240. The Bertz CT molecular complexity index is 482. The number of rotatable bonds is 2. The monoisotopic (exact) mass is 238 g/mol. The summed E-state index contributed by atoms with van der Waals surface area (Å²) in [5, 5.41) is 19.9. The molecule has 0 unspecified atom stereocenters. The third-order valence-corrected chi connectivity index (χ3v) is 3.63. The summed E-state index contributed by atoms with van der Waals surface area (Å²) >= 11 is 0. The Labute approximate surface area is 96.6 Å². The van der Waals surface area contributed by atoms with Gasteiger partial charge in [-0.3, -0.25) is 10.1 Å².